The first-order valence-electron chi connectivity index (χ1n) is 8.62. The minimum Gasteiger partial charge on any atom is -0.493 e. The lowest BCUT2D eigenvalue weighted by Gasteiger charge is -2.10. The van der Waals surface area contributed by atoms with Gasteiger partial charge < -0.3 is 14.8 Å². The van der Waals surface area contributed by atoms with E-state index in [1.165, 1.54) is 5.56 Å². The van der Waals surface area contributed by atoms with E-state index in [4.69, 9.17) is 9.47 Å². The number of hydrogen-bond donors (Lipinski definition) is 1. The highest BCUT2D eigenvalue weighted by molar-refractivity contribution is 5.72. The molecule has 0 atom stereocenters. The summed E-state index contributed by atoms with van der Waals surface area (Å²) in [4.78, 5) is 9.02. The van der Waals surface area contributed by atoms with E-state index < -0.39 is 0 Å². The summed E-state index contributed by atoms with van der Waals surface area (Å²) in [6.07, 6.45) is 5.51. The molecule has 0 unspecified atom stereocenters. The van der Waals surface area contributed by atoms with Gasteiger partial charge in [0, 0.05) is 24.5 Å². The lowest BCUT2D eigenvalue weighted by Crippen LogP contribution is -2.03. The molecule has 0 aliphatic rings. The van der Waals surface area contributed by atoms with Crippen LogP contribution in [-0.4, -0.2) is 28.6 Å². The van der Waals surface area contributed by atoms with Crippen molar-refractivity contribution in [3.63, 3.8) is 0 Å². The summed E-state index contributed by atoms with van der Waals surface area (Å²) in [6, 6.07) is 16.0. The molecule has 2 aromatic carbocycles. The lowest BCUT2D eigenvalue weighted by atomic mass is 10.1. The Hall–Kier alpha value is -3.54. The maximum atomic E-state index is 5.42. The largest absolute Gasteiger partial charge is 0.493 e. The van der Waals surface area contributed by atoms with Crippen LogP contribution in [0.25, 0.3) is 16.9 Å². The van der Waals surface area contributed by atoms with Gasteiger partial charge in [0.1, 0.15) is 0 Å². The van der Waals surface area contributed by atoms with Gasteiger partial charge in [0.25, 0.3) is 0 Å². The molecule has 0 aliphatic heterocycles. The summed E-state index contributed by atoms with van der Waals surface area (Å²) in [5.74, 6) is 2.12. The van der Waals surface area contributed by atoms with Crippen LogP contribution < -0.4 is 14.8 Å². The average molecular weight is 360 g/mol. The van der Waals surface area contributed by atoms with Crippen LogP contribution in [0.1, 0.15) is 5.56 Å². The van der Waals surface area contributed by atoms with Crippen molar-refractivity contribution in [2.75, 3.05) is 19.5 Å². The molecule has 6 heteroatoms. The topological polar surface area (TPSA) is 60.7 Å². The summed E-state index contributed by atoms with van der Waals surface area (Å²) >= 11 is 0. The third-order valence-electron chi connectivity index (χ3n) is 4.41. The summed E-state index contributed by atoms with van der Waals surface area (Å²) < 4.78 is 12.8. The molecule has 0 aliphatic carbocycles. The Bertz CT molecular complexity index is 1060. The number of benzene rings is 2. The first-order valence-corrected chi connectivity index (χ1v) is 8.62. The fourth-order valence-electron chi connectivity index (χ4n) is 3.03. The van der Waals surface area contributed by atoms with Gasteiger partial charge in [0.2, 0.25) is 0 Å². The van der Waals surface area contributed by atoms with Gasteiger partial charge in [0.15, 0.2) is 23.0 Å². The van der Waals surface area contributed by atoms with Crippen molar-refractivity contribution in [3.8, 4) is 22.8 Å². The Morgan fingerprint density at radius 2 is 1.78 bits per heavy atom. The number of hydrogen-bond acceptors (Lipinski definition) is 5. The molecule has 0 amide bonds. The van der Waals surface area contributed by atoms with E-state index in [9.17, 15) is 0 Å². The number of ether oxygens (including phenoxy) is 2. The first kappa shape index (κ1) is 16.9. The number of fused-ring (bicyclic) bond motifs is 1. The smallest absolute Gasteiger partial charge is 0.180 e. The van der Waals surface area contributed by atoms with Gasteiger partial charge in [0.05, 0.1) is 26.1 Å². The predicted octanol–water partition coefficient (Wildman–Crippen LogP) is 4.03. The van der Waals surface area contributed by atoms with E-state index in [-0.39, 0.29) is 0 Å². The maximum absolute atomic E-state index is 5.42. The second kappa shape index (κ2) is 7.37. The number of rotatable bonds is 6. The van der Waals surface area contributed by atoms with E-state index in [1.54, 1.807) is 20.4 Å². The number of anilines is 1. The summed E-state index contributed by atoms with van der Waals surface area (Å²) in [5, 5.41) is 3.37. The molecule has 4 rings (SSSR count). The molecular formula is C21H20N4O2. The van der Waals surface area contributed by atoms with Crippen LogP contribution in [0.3, 0.4) is 0 Å². The molecular weight excluding hydrogens is 340 g/mol. The molecule has 4 aromatic rings. The molecule has 0 fully saturated rings. The number of imidazole rings is 1. The quantitative estimate of drug-likeness (QED) is 0.563. The Morgan fingerprint density at radius 1 is 0.963 bits per heavy atom. The lowest BCUT2D eigenvalue weighted by molar-refractivity contribution is 0.355. The van der Waals surface area contributed by atoms with Crippen molar-refractivity contribution >= 4 is 11.5 Å². The molecule has 0 saturated carbocycles. The van der Waals surface area contributed by atoms with Crippen LogP contribution in [-0.2, 0) is 6.54 Å². The zero-order valence-corrected chi connectivity index (χ0v) is 15.2. The summed E-state index contributed by atoms with van der Waals surface area (Å²) in [5.41, 5.74) is 3.91. The maximum Gasteiger partial charge on any atom is 0.180 e. The third kappa shape index (κ3) is 3.29. The van der Waals surface area contributed by atoms with Crippen LogP contribution in [0.5, 0.6) is 11.5 Å². The highest BCUT2D eigenvalue weighted by Gasteiger charge is 2.12. The van der Waals surface area contributed by atoms with Crippen molar-refractivity contribution in [1.82, 2.24) is 14.4 Å². The number of nitrogens with one attached hydrogen (secondary N) is 1. The summed E-state index contributed by atoms with van der Waals surface area (Å²) in [7, 11) is 3.26. The predicted molar refractivity (Wildman–Crippen MR) is 105 cm³/mol. The second-order valence-electron chi connectivity index (χ2n) is 6.02. The van der Waals surface area contributed by atoms with Gasteiger partial charge in [-0.3, -0.25) is 4.40 Å². The van der Waals surface area contributed by atoms with Crippen molar-refractivity contribution in [1.29, 1.82) is 0 Å². The van der Waals surface area contributed by atoms with Crippen LogP contribution in [0, 0.1) is 0 Å². The standard InChI is InChI=1S/C21H20N4O2/c1-26-18-9-8-16(12-19(18)27-2)17-14-24-21-20(22-10-11-25(17)21)23-13-15-6-4-3-5-7-15/h3-12,14H,13H2,1-2H3,(H,22,23). The number of nitrogens with zero attached hydrogens (tertiary/aromatic N) is 3. The van der Waals surface area contributed by atoms with E-state index in [1.807, 2.05) is 53.2 Å². The summed E-state index contributed by atoms with van der Waals surface area (Å²) in [6.45, 7) is 0.687. The van der Waals surface area contributed by atoms with Crippen molar-refractivity contribution < 1.29 is 9.47 Å². The number of aromatic nitrogens is 3. The highest BCUT2D eigenvalue weighted by Crippen LogP contribution is 2.33. The Balaban J connectivity index is 1.68. The van der Waals surface area contributed by atoms with Crippen LogP contribution in [0.2, 0.25) is 0 Å². The van der Waals surface area contributed by atoms with Crippen molar-refractivity contribution in [2.45, 2.75) is 6.54 Å². The van der Waals surface area contributed by atoms with E-state index in [0.29, 0.717) is 18.0 Å². The molecule has 0 radical (unpaired) electrons. The molecule has 0 saturated heterocycles. The zero-order valence-electron chi connectivity index (χ0n) is 15.2. The van der Waals surface area contributed by atoms with Gasteiger partial charge in [-0.15, -0.1) is 0 Å². The monoisotopic (exact) mass is 360 g/mol. The Morgan fingerprint density at radius 3 is 2.56 bits per heavy atom. The second-order valence-corrected chi connectivity index (χ2v) is 6.02. The van der Waals surface area contributed by atoms with Crippen LogP contribution >= 0.6 is 0 Å². The number of methoxy groups -OCH3 is 2. The van der Waals surface area contributed by atoms with Gasteiger partial charge >= 0.3 is 0 Å². The molecule has 0 spiro atoms. The van der Waals surface area contributed by atoms with Crippen molar-refractivity contribution in [3.05, 3.63) is 72.7 Å². The van der Waals surface area contributed by atoms with E-state index in [2.05, 4.69) is 27.4 Å². The van der Waals surface area contributed by atoms with E-state index >= 15 is 0 Å². The fraction of sp³-hybridized carbons (Fsp3) is 0.143. The van der Waals surface area contributed by atoms with Crippen LogP contribution in [0.4, 0.5) is 5.82 Å². The third-order valence-corrected chi connectivity index (χ3v) is 4.41. The fourth-order valence-corrected chi connectivity index (χ4v) is 3.03. The van der Waals surface area contributed by atoms with Gasteiger partial charge in [-0.25, -0.2) is 9.97 Å². The van der Waals surface area contributed by atoms with Crippen LogP contribution in [0.15, 0.2) is 67.1 Å². The molecule has 2 heterocycles. The van der Waals surface area contributed by atoms with Gasteiger partial charge in [-0.1, -0.05) is 30.3 Å². The average Bonchev–Trinajstić information content (AvgIpc) is 3.17. The Labute approximate surface area is 157 Å². The van der Waals surface area contributed by atoms with E-state index in [0.717, 1.165) is 22.7 Å². The molecule has 6 nitrogen and oxygen atoms in total. The normalized spacial score (nSPS) is 10.7. The van der Waals surface area contributed by atoms with Crippen molar-refractivity contribution in [2.24, 2.45) is 0 Å². The molecule has 136 valence electrons. The zero-order chi connectivity index (χ0) is 18.6. The highest BCUT2D eigenvalue weighted by atomic mass is 16.5. The Kier molecular flexibility index (Phi) is 4.61. The van der Waals surface area contributed by atoms with Gasteiger partial charge in [-0.05, 0) is 23.8 Å². The molecule has 0 bridgehead atoms. The minimum absolute atomic E-state index is 0.682. The molecule has 2 aromatic heterocycles. The van der Waals surface area contributed by atoms with Gasteiger partial charge in [-0.2, -0.15) is 0 Å². The minimum atomic E-state index is 0.682. The molecule has 27 heavy (non-hydrogen) atoms. The SMILES string of the molecule is COc1ccc(-c2cnc3c(NCc4ccccc4)nccn23)cc1OC. The first-order chi connectivity index (χ1) is 13.3. The molecule has 1 N–H and O–H groups in total.